The molecule has 0 bridgehead atoms. The van der Waals surface area contributed by atoms with Gasteiger partial charge in [0.15, 0.2) is 0 Å². The fourth-order valence-electron chi connectivity index (χ4n) is 3.41. The number of hydrogen-bond donors (Lipinski definition) is 2. The lowest BCUT2D eigenvalue weighted by atomic mass is 10.1. The molecule has 2 aromatic carbocycles. The van der Waals surface area contributed by atoms with Crippen LogP contribution in [0.5, 0.6) is 5.75 Å². The Labute approximate surface area is 166 Å². The Morgan fingerprint density at radius 3 is 2.55 bits per heavy atom. The maximum absolute atomic E-state index is 13.0. The van der Waals surface area contributed by atoms with Crippen molar-refractivity contribution in [2.24, 2.45) is 0 Å². The molecule has 0 aliphatic carbocycles. The number of rotatable bonds is 5. The Kier molecular flexibility index (Phi) is 4.75. The Hall–Kier alpha value is -3.68. The first-order valence-corrected chi connectivity index (χ1v) is 9.06. The highest BCUT2D eigenvalue weighted by molar-refractivity contribution is 6.04. The normalized spacial score (nSPS) is 15.0. The van der Waals surface area contributed by atoms with Crippen LogP contribution in [0.1, 0.15) is 18.2 Å². The minimum absolute atomic E-state index is 0.0839. The molecule has 2 N–H and O–H groups in total. The van der Waals surface area contributed by atoms with Crippen molar-refractivity contribution in [3.63, 3.8) is 0 Å². The van der Waals surface area contributed by atoms with Gasteiger partial charge in [0, 0.05) is 11.3 Å². The van der Waals surface area contributed by atoms with E-state index in [9.17, 15) is 14.0 Å². The van der Waals surface area contributed by atoms with E-state index in [0.717, 1.165) is 22.6 Å². The van der Waals surface area contributed by atoms with Crippen molar-refractivity contribution >= 4 is 23.3 Å². The van der Waals surface area contributed by atoms with Crippen molar-refractivity contribution in [1.82, 2.24) is 9.78 Å². The van der Waals surface area contributed by atoms with Crippen molar-refractivity contribution in [2.75, 3.05) is 17.7 Å². The quantitative estimate of drug-likeness (QED) is 0.693. The lowest BCUT2D eigenvalue weighted by molar-refractivity contribution is -0.123. The Morgan fingerprint density at radius 2 is 1.90 bits per heavy atom. The third-order valence-electron chi connectivity index (χ3n) is 4.81. The molecule has 0 saturated heterocycles. The smallest absolute Gasteiger partial charge is 0.251 e. The molecule has 1 aromatic heterocycles. The highest BCUT2D eigenvalue weighted by Gasteiger charge is 2.36. The van der Waals surface area contributed by atoms with E-state index in [1.807, 2.05) is 31.2 Å². The van der Waals surface area contributed by atoms with Crippen LogP contribution in [0.2, 0.25) is 0 Å². The van der Waals surface area contributed by atoms with Gasteiger partial charge in [-0.3, -0.25) is 9.59 Å². The molecule has 29 heavy (non-hydrogen) atoms. The Balaban J connectivity index is 1.56. The average Bonchev–Trinajstić information content (AvgIpc) is 3.17. The summed E-state index contributed by atoms with van der Waals surface area (Å²) in [6, 6.07) is 12.2. The van der Waals surface area contributed by atoms with Gasteiger partial charge in [0.05, 0.1) is 19.2 Å². The number of amides is 2. The van der Waals surface area contributed by atoms with Crippen molar-refractivity contribution in [3.8, 4) is 16.9 Å². The first-order valence-electron chi connectivity index (χ1n) is 9.06. The van der Waals surface area contributed by atoms with Gasteiger partial charge < -0.3 is 15.4 Å². The monoisotopic (exact) mass is 394 g/mol. The molecule has 0 radical (unpaired) electrons. The van der Waals surface area contributed by atoms with Gasteiger partial charge in [0.1, 0.15) is 23.4 Å². The molecule has 2 heterocycles. The number of nitrogens with one attached hydrogen (secondary N) is 2. The number of carbonyl (C=O) groups excluding carboxylic acids is 2. The lowest BCUT2D eigenvalue weighted by Gasteiger charge is -2.10. The van der Waals surface area contributed by atoms with Gasteiger partial charge in [-0.05, 0) is 48.9 Å². The summed E-state index contributed by atoms with van der Waals surface area (Å²) in [6.07, 6.45) is -0.0839. The number of anilines is 2. The molecule has 0 saturated carbocycles. The van der Waals surface area contributed by atoms with E-state index < -0.39 is 6.04 Å². The molecular formula is C21H19FN4O3. The van der Waals surface area contributed by atoms with Crippen LogP contribution in [0.15, 0.2) is 48.5 Å². The first kappa shape index (κ1) is 18.7. The number of carbonyl (C=O) groups is 2. The molecule has 1 unspecified atom stereocenters. The molecule has 148 valence electrons. The summed E-state index contributed by atoms with van der Waals surface area (Å²) in [5.41, 5.74) is 2.91. The number of methoxy groups -OCH3 is 1. The van der Waals surface area contributed by atoms with E-state index in [1.165, 1.54) is 24.3 Å². The molecule has 4 rings (SSSR count). The van der Waals surface area contributed by atoms with Gasteiger partial charge in [0.2, 0.25) is 5.91 Å². The molecule has 8 heteroatoms. The first-order chi connectivity index (χ1) is 14.0. The van der Waals surface area contributed by atoms with E-state index in [0.29, 0.717) is 11.5 Å². The van der Waals surface area contributed by atoms with Crippen molar-refractivity contribution in [1.29, 1.82) is 0 Å². The predicted molar refractivity (Wildman–Crippen MR) is 106 cm³/mol. The minimum Gasteiger partial charge on any atom is -0.497 e. The third-order valence-corrected chi connectivity index (χ3v) is 4.81. The number of benzene rings is 2. The van der Waals surface area contributed by atoms with E-state index in [1.54, 1.807) is 11.8 Å². The molecule has 3 aromatic rings. The number of nitrogens with zero attached hydrogens (tertiary/aromatic N) is 2. The SMILES string of the molecule is COc1ccc(-c2c(C)nn3c2NC(=O)C3CC(=O)Nc2ccc(F)cc2)cc1. The highest BCUT2D eigenvalue weighted by Crippen LogP contribution is 2.38. The highest BCUT2D eigenvalue weighted by atomic mass is 19.1. The number of fused-ring (bicyclic) bond motifs is 1. The molecule has 1 aliphatic rings. The van der Waals surface area contributed by atoms with E-state index >= 15 is 0 Å². The van der Waals surface area contributed by atoms with Gasteiger partial charge in [0.25, 0.3) is 5.91 Å². The van der Waals surface area contributed by atoms with Crippen LogP contribution in [0, 0.1) is 12.7 Å². The van der Waals surface area contributed by atoms with Gasteiger partial charge in [-0.15, -0.1) is 0 Å². The van der Waals surface area contributed by atoms with E-state index in [2.05, 4.69) is 15.7 Å². The molecule has 0 fully saturated rings. The lowest BCUT2D eigenvalue weighted by Crippen LogP contribution is -2.23. The molecule has 2 amide bonds. The second-order valence-electron chi connectivity index (χ2n) is 6.75. The second-order valence-corrected chi connectivity index (χ2v) is 6.75. The zero-order chi connectivity index (χ0) is 20.5. The summed E-state index contributed by atoms with van der Waals surface area (Å²) in [6.45, 7) is 1.85. The minimum atomic E-state index is -0.754. The Morgan fingerprint density at radius 1 is 1.21 bits per heavy atom. The van der Waals surface area contributed by atoms with Crippen LogP contribution in [-0.4, -0.2) is 28.7 Å². The van der Waals surface area contributed by atoms with Crippen LogP contribution in [0.25, 0.3) is 11.1 Å². The summed E-state index contributed by atoms with van der Waals surface area (Å²) in [4.78, 5) is 24.9. The summed E-state index contributed by atoms with van der Waals surface area (Å²) in [5, 5.41) is 10.0. The standard InChI is InChI=1S/C21H19FN4O3/c1-12-19(13-3-9-16(29-2)10-4-13)20-24-21(28)17(26(20)25-12)11-18(27)23-15-7-5-14(22)6-8-15/h3-10,17H,11H2,1-2H3,(H,23,27)(H,24,28). The summed E-state index contributed by atoms with van der Waals surface area (Å²) < 4.78 is 19.8. The zero-order valence-electron chi connectivity index (χ0n) is 15.9. The number of aryl methyl sites for hydroxylation is 1. The van der Waals surface area contributed by atoms with Crippen molar-refractivity contribution in [2.45, 2.75) is 19.4 Å². The number of ether oxygens (including phenoxy) is 1. The maximum Gasteiger partial charge on any atom is 0.251 e. The van der Waals surface area contributed by atoms with Gasteiger partial charge in [-0.1, -0.05) is 12.1 Å². The topological polar surface area (TPSA) is 85.2 Å². The van der Waals surface area contributed by atoms with Gasteiger partial charge in [-0.2, -0.15) is 5.10 Å². The Bertz CT molecular complexity index is 1070. The molecule has 0 spiro atoms. The summed E-state index contributed by atoms with van der Waals surface area (Å²) >= 11 is 0. The fraction of sp³-hybridized carbons (Fsp3) is 0.190. The number of aromatic nitrogens is 2. The largest absolute Gasteiger partial charge is 0.497 e. The predicted octanol–water partition coefficient (Wildman–Crippen LogP) is 3.53. The summed E-state index contributed by atoms with van der Waals surface area (Å²) in [7, 11) is 1.60. The number of hydrogen-bond acceptors (Lipinski definition) is 4. The molecule has 1 atom stereocenters. The van der Waals surface area contributed by atoms with Crippen LogP contribution < -0.4 is 15.4 Å². The van der Waals surface area contributed by atoms with Crippen LogP contribution in [-0.2, 0) is 9.59 Å². The van der Waals surface area contributed by atoms with Gasteiger partial charge >= 0.3 is 0 Å². The zero-order valence-corrected chi connectivity index (χ0v) is 15.9. The maximum atomic E-state index is 13.0. The van der Waals surface area contributed by atoms with E-state index in [-0.39, 0.29) is 24.1 Å². The van der Waals surface area contributed by atoms with Crippen LogP contribution in [0.4, 0.5) is 15.9 Å². The average molecular weight is 394 g/mol. The number of halogens is 1. The molecule has 7 nitrogen and oxygen atoms in total. The molecular weight excluding hydrogens is 375 g/mol. The van der Waals surface area contributed by atoms with Crippen molar-refractivity contribution in [3.05, 3.63) is 60.0 Å². The third kappa shape index (κ3) is 3.56. The fourth-order valence-corrected chi connectivity index (χ4v) is 3.41. The van der Waals surface area contributed by atoms with Gasteiger partial charge in [-0.25, -0.2) is 9.07 Å². The van der Waals surface area contributed by atoms with E-state index in [4.69, 9.17) is 4.74 Å². The second kappa shape index (κ2) is 7.38. The van der Waals surface area contributed by atoms with Crippen molar-refractivity contribution < 1.29 is 18.7 Å². The van der Waals surface area contributed by atoms with Crippen LogP contribution >= 0.6 is 0 Å². The van der Waals surface area contributed by atoms with Crippen LogP contribution in [0.3, 0.4) is 0 Å². The summed E-state index contributed by atoms with van der Waals surface area (Å²) in [5.74, 6) is 0.257. The molecule has 1 aliphatic heterocycles.